The summed E-state index contributed by atoms with van der Waals surface area (Å²) in [5, 5.41) is 0. The Balaban J connectivity index is 2.51. The topological polar surface area (TPSA) is 12.9 Å². The van der Waals surface area contributed by atoms with Gasteiger partial charge >= 0.3 is 0 Å². The first-order valence-corrected chi connectivity index (χ1v) is 8.78. The maximum Gasteiger partial charge on any atom is 0.0409 e. The molecule has 1 heterocycles. The molecule has 0 bridgehead atoms. The number of aromatic nitrogens is 1. The first-order chi connectivity index (χ1) is 9.80. The molecule has 0 fully saturated rings. The Labute approximate surface area is 126 Å². The summed E-state index contributed by atoms with van der Waals surface area (Å²) in [7, 11) is 0. The van der Waals surface area contributed by atoms with Gasteiger partial charge in [-0.2, -0.15) is 0 Å². The molecule has 1 nitrogen and oxygen atoms in total. The van der Waals surface area contributed by atoms with Gasteiger partial charge in [0.25, 0.3) is 0 Å². The summed E-state index contributed by atoms with van der Waals surface area (Å²) in [4.78, 5) is 4.88. The van der Waals surface area contributed by atoms with Crippen LogP contribution in [0.4, 0.5) is 0 Å². The molecule has 0 aromatic carbocycles. The van der Waals surface area contributed by atoms with Crippen LogP contribution in [0.25, 0.3) is 0 Å². The molecule has 1 rings (SSSR count). The van der Waals surface area contributed by atoms with Crippen LogP contribution in [-0.2, 0) is 19.3 Å². The summed E-state index contributed by atoms with van der Waals surface area (Å²) >= 11 is 0. The molecule has 114 valence electrons. The molecule has 0 aliphatic carbocycles. The molecule has 0 aliphatic rings. The van der Waals surface area contributed by atoms with Crippen molar-refractivity contribution >= 4 is 0 Å². The maximum absolute atomic E-state index is 4.88. The fourth-order valence-electron chi connectivity index (χ4n) is 2.64. The predicted octanol–water partition coefficient (Wildman–Crippen LogP) is 5.89. The zero-order valence-corrected chi connectivity index (χ0v) is 13.9. The third-order valence-corrected chi connectivity index (χ3v) is 3.97. The molecule has 1 aromatic rings. The van der Waals surface area contributed by atoms with Gasteiger partial charge in [-0.15, -0.1) is 0 Å². The van der Waals surface area contributed by atoms with E-state index in [4.69, 9.17) is 4.98 Å². The van der Waals surface area contributed by atoms with Crippen LogP contribution in [0.2, 0.25) is 0 Å². The Morgan fingerprint density at radius 1 is 0.700 bits per heavy atom. The van der Waals surface area contributed by atoms with E-state index in [9.17, 15) is 0 Å². The second-order valence-electron chi connectivity index (χ2n) is 5.93. The lowest BCUT2D eigenvalue weighted by atomic mass is 10.0. The van der Waals surface area contributed by atoms with E-state index in [-0.39, 0.29) is 0 Å². The van der Waals surface area contributed by atoms with Gasteiger partial charge in [-0.25, -0.2) is 0 Å². The van der Waals surface area contributed by atoms with Crippen LogP contribution < -0.4 is 0 Å². The van der Waals surface area contributed by atoms with Crippen LogP contribution in [0.3, 0.4) is 0 Å². The van der Waals surface area contributed by atoms with E-state index in [0.717, 1.165) is 19.3 Å². The lowest BCUT2D eigenvalue weighted by Gasteiger charge is -2.08. The van der Waals surface area contributed by atoms with Crippen LogP contribution in [-0.4, -0.2) is 4.98 Å². The highest BCUT2D eigenvalue weighted by atomic mass is 14.7. The number of hydrogen-bond donors (Lipinski definition) is 0. The minimum absolute atomic E-state index is 1.13. The number of aryl methyl sites for hydroxylation is 3. The van der Waals surface area contributed by atoms with E-state index in [1.165, 1.54) is 68.3 Å². The molecular formula is C19H33N. The van der Waals surface area contributed by atoms with Crippen molar-refractivity contribution in [3.05, 3.63) is 29.1 Å². The minimum Gasteiger partial charge on any atom is -0.258 e. The Bertz CT molecular complexity index is 327. The van der Waals surface area contributed by atoms with Gasteiger partial charge in [-0.05, 0) is 49.8 Å². The molecule has 0 unspecified atom stereocenters. The number of nitrogens with zero attached hydrogens (tertiary/aromatic N) is 1. The monoisotopic (exact) mass is 275 g/mol. The quantitative estimate of drug-likeness (QED) is 0.459. The van der Waals surface area contributed by atoms with Crippen molar-refractivity contribution in [3.8, 4) is 0 Å². The van der Waals surface area contributed by atoms with Gasteiger partial charge in [0.15, 0.2) is 0 Å². The summed E-state index contributed by atoms with van der Waals surface area (Å²) in [6.45, 7) is 6.78. The number of hydrogen-bond acceptors (Lipinski definition) is 1. The molecule has 0 aliphatic heterocycles. The normalized spacial score (nSPS) is 10.9. The number of rotatable bonds is 11. The molecule has 0 amide bonds. The molecule has 0 spiro atoms. The average molecular weight is 275 g/mol. The van der Waals surface area contributed by atoms with Crippen molar-refractivity contribution in [1.82, 2.24) is 4.98 Å². The van der Waals surface area contributed by atoms with Gasteiger partial charge < -0.3 is 0 Å². The minimum atomic E-state index is 1.13. The first kappa shape index (κ1) is 17.2. The van der Waals surface area contributed by atoms with Gasteiger partial charge in [0.2, 0.25) is 0 Å². The van der Waals surface area contributed by atoms with E-state index in [0.29, 0.717) is 0 Å². The molecule has 0 atom stereocenters. The fourth-order valence-corrected chi connectivity index (χ4v) is 2.64. The van der Waals surface area contributed by atoms with Gasteiger partial charge in [0, 0.05) is 11.4 Å². The van der Waals surface area contributed by atoms with Crippen LogP contribution in [0.15, 0.2) is 12.1 Å². The first-order valence-electron chi connectivity index (χ1n) is 8.78. The van der Waals surface area contributed by atoms with Crippen molar-refractivity contribution in [3.63, 3.8) is 0 Å². The zero-order chi connectivity index (χ0) is 14.6. The van der Waals surface area contributed by atoms with Crippen LogP contribution in [0, 0.1) is 0 Å². The summed E-state index contributed by atoms with van der Waals surface area (Å²) < 4.78 is 0. The highest BCUT2D eigenvalue weighted by molar-refractivity contribution is 5.22. The van der Waals surface area contributed by atoms with E-state index >= 15 is 0 Å². The summed E-state index contributed by atoms with van der Waals surface area (Å²) in [5.74, 6) is 0. The van der Waals surface area contributed by atoms with E-state index in [1.54, 1.807) is 0 Å². The van der Waals surface area contributed by atoms with Crippen molar-refractivity contribution in [1.29, 1.82) is 0 Å². The lowest BCUT2D eigenvalue weighted by molar-refractivity contribution is 0.647. The van der Waals surface area contributed by atoms with Gasteiger partial charge in [0.05, 0.1) is 0 Å². The van der Waals surface area contributed by atoms with Crippen molar-refractivity contribution in [2.24, 2.45) is 0 Å². The van der Waals surface area contributed by atoms with E-state index in [1.807, 2.05) is 0 Å². The van der Waals surface area contributed by atoms with E-state index in [2.05, 4.69) is 32.9 Å². The third kappa shape index (κ3) is 7.07. The van der Waals surface area contributed by atoms with Crippen molar-refractivity contribution in [2.45, 2.75) is 91.4 Å². The Morgan fingerprint density at radius 2 is 1.20 bits per heavy atom. The third-order valence-electron chi connectivity index (χ3n) is 3.97. The van der Waals surface area contributed by atoms with E-state index < -0.39 is 0 Å². The Morgan fingerprint density at radius 3 is 1.60 bits per heavy atom. The highest BCUT2D eigenvalue weighted by Gasteiger charge is 2.03. The molecule has 20 heavy (non-hydrogen) atoms. The second kappa shape index (κ2) is 10.9. The zero-order valence-electron chi connectivity index (χ0n) is 13.9. The molecule has 1 aromatic heterocycles. The molecule has 1 heteroatoms. The molecule has 0 saturated carbocycles. The second-order valence-corrected chi connectivity index (χ2v) is 5.93. The van der Waals surface area contributed by atoms with Crippen molar-refractivity contribution in [2.75, 3.05) is 0 Å². The number of pyridine rings is 1. The lowest BCUT2D eigenvalue weighted by Crippen LogP contribution is -1.99. The maximum atomic E-state index is 4.88. The molecule has 0 radical (unpaired) electrons. The van der Waals surface area contributed by atoms with Crippen LogP contribution >= 0.6 is 0 Å². The summed E-state index contributed by atoms with van der Waals surface area (Å²) in [6.07, 6.45) is 14.1. The molecule has 0 saturated heterocycles. The molecular weight excluding hydrogens is 242 g/mol. The standard InChI is InChI=1S/C19H33N/c1-4-7-9-11-13-18-15-17(6-3)16-19(20-18)14-12-10-8-5-2/h15-16H,4-14H2,1-3H3. The van der Waals surface area contributed by atoms with Gasteiger partial charge in [0.1, 0.15) is 0 Å². The Hall–Kier alpha value is -0.850. The SMILES string of the molecule is CCCCCCc1cc(CC)cc(CCCCCC)n1. The van der Waals surface area contributed by atoms with Crippen LogP contribution in [0.1, 0.15) is 89.1 Å². The summed E-state index contributed by atoms with van der Waals surface area (Å²) in [5.41, 5.74) is 4.12. The van der Waals surface area contributed by atoms with Crippen LogP contribution in [0.5, 0.6) is 0 Å². The number of unbranched alkanes of at least 4 members (excludes halogenated alkanes) is 6. The van der Waals surface area contributed by atoms with Gasteiger partial charge in [-0.1, -0.05) is 59.3 Å². The largest absolute Gasteiger partial charge is 0.258 e. The fraction of sp³-hybridized carbons (Fsp3) is 0.737. The summed E-state index contributed by atoms with van der Waals surface area (Å²) in [6, 6.07) is 4.64. The highest BCUT2D eigenvalue weighted by Crippen LogP contribution is 2.13. The average Bonchev–Trinajstić information content (AvgIpc) is 2.48. The predicted molar refractivity (Wildman–Crippen MR) is 89.3 cm³/mol. The van der Waals surface area contributed by atoms with Gasteiger partial charge in [-0.3, -0.25) is 4.98 Å². The molecule has 0 N–H and O–H groups in total. The van der Waals surface area contributed by atoms with Crippen molar-refractivity contribution < 1.29 is 0 Å². The Kier molecular flexibility index (Phi) is 9.36. The smallest absolute Gasteiger partial charge is 0.0409 e.